The van der Waals surface area contributed by atoms with E-state index in [0.717, 1.165) is 34.0 Å². The molecule has 1 aliphatic heterocycles. The Morgan fingerprint density at radius 3 is 2.40 bits per heavy atom. The lowest BCUT2D eigenvalue weighted by Gasteiger charge is -2.63. The van der Waals surface area contributed by atoms with E-state index < -0.39 is 0 Å². The van der Waals surface area contributed by atoms with Crippen LogP contribution in [0.15, 0.2) is 22.1 Å². The van der Waals surface area contributed by atoms with Gasteiger partial charge in [0.2, 0.25) is 0 Å². The van der Waals surface area contributed by atoms with Gasteiger partial charge in [-0.2, -0.15) is 5.26 Å². The Morgan fingerprint density at radius 1 is 1.10 bits per heavy atom. The van der Waals surface area contributed by atoms with Crippen LogP contribution >= 0.6 is 11.8 Å². The molecule has 30 heavy (non-hydrogen) atoms. The van der Waals surface area contributed by atoms with Crippen LogP contribution in [-0.2, 0) is 17.4 Å². The van der Waals surface area contributed by atoms with E-state index >= 15 is 0 Å². The van der Waals surface area contributed by atoms with Gasteiger partial charge in [-0.25, -0.2) is 4.98 Å². The first-order valence-electron chi connectivity index (χ1n) is 11.2. The number of rotatable bonds is 3. The minimum atomic E-state index is -0.191. The Labute approximate surface area is 179 Å². The molecule has 6 heteroatoms. The molecule has 3 heterocycles. The first-order valence-corrected chi connectivity index (χ1v) is 12.2. The van der Waals surface area contributed by atoms with E-state index in [4.69, 9.17) is 9.97 Å². The van der Waals surface area contributed by atoms with Crippen molar-refractivity contribution in [3.63, 3.8) is 0 Å². The summed E-state index contributed by atoms with van der Waals surface area (Å²) in [5.74, 6) is 3.12. The molecule has 6 aliphatic carbocycles. The third kappa shape index (κ3) is 2.07. The Bertz CT molecular complexity index is 1190. The summed E-state index contributed by atoms with van der Waals surface area (Å²) in [6.07, 6.45) is 7.44. The largest absolute Gasteiger partial charge is 0.286 e. The van der Waals surface area contributed by atoms with Crippen LogP contribution in [0.25, 0.3) is 11.3 Å². The molecule has 0 saturated heterocycles. The average molecular weight is 417 g/mol. The maximum atomic E-state index is 13.2. The fourth-order valence-corrected chi connectivity index (χ4v) is 7.60. The second kappa shape index (κ2) is 5.56. The number of nitrogens with zero attached hydrogens (tertiary/aromatic N) is 4. The number of hydrogen-bond acceptors (Lipinski definition) is 5. The highest BCUT2D eigenvalue weighted by Crippen LogP contribution is 2.68. The van der Waals surface area contributed by atoms with Crippen molar-refractivity contribution in [2.45, 2.75) is 68.0 Å². The zero-order chi connectivity index (χ0) is 20.3. The smallest absolute Gasteiger partial charge is 0.272 e. The maximum Gasteiger partial charge on any atom is 0.272 e. The van der Waals surface area contributed by atoms with E-state index in [1.807, 2.05) is 0 Å². The molecule has 1 atom stereocenters. The molecule has 0 aromatic carbocycles. The number of nitriles is 1. The summed E-state index contributed by atoms with van der Waals surface area (Å²) in [6.45, 7) is 2.78. The lowest BCUT2D eigenvalue weighted by Crippen LogP contribution is -2.58. The molecule has 9 rings (SSSR count). The fourth-order valence-electron chi connectivity index (χ4n) is 6.59. The highest BCUT2D eigenvalue weighted by Gasteiger charge is 2.61. The first kappa shape index (κ1) is 17.5. The van der Waals surface area contributed by atoms with Crippen molar-refractivity contribution in [1.29, 1.82) is 5.26 Å². The van der Waals surface area contributed by atoms with Crippen LogP contribution in [0.2, 0.25) is 0 Å². The van der Waals surface area contributed by atoms with Gasteiger partial charge in [0.05, 0.1) is 11.4 Å². The molecule has 7 aliphatic rings. The summed E-state index contributed by atoms with van der Waals surface area (Å²) in [4.78, 5) is 23.4. The lowest BCUT2D eigenvalue weighted by molar-refractivity contribution is -0.0395. The summed E-state index contributed by atoms with van der Waals surface area (Å²) in [5, 5.41) is 10.7. The van der Waals surface area contributed by atoms with Gasteiger partial charge in [-0.15, -0.1) is 0 Å². The highest BCUT2D eigenvalue weighted by atomic mass is 32.2. The minimum absolute atomic E-state index is 0.154. The van der Waals surface area contributed by atoms with Crippen LogP contribution in [-0.4, -0.2) is 20.3 Å². The van der Waals surface area contributed by atoms with Crippen molar-refractivity contribution < 1.29 is 0 Å². The predicted molar refractivity (Wildman–Crippen MR) is 114 cm³/mol. The second-order valence-electron chi connectivity index (χ2n) is 10.7. The van der Waals surface area contributed by atoms with Crippen molar-refractivity contribution in [3.05, 3.63) is 39.4 Å². The fraction of sp³-hybridized carbons (Fsp3) is 0.583. The monoisotopic (exact) mass is 416 g/mol. The van der Waals surface area contributed by atoms with Crippen molar-refractivity contribution in [2.75, 3.05) is 5.75 Å². The van der Waals surface area contributed by atoms with Crippen LogP contribution in [0.3, 0.4) is 0 Å². The van der Waals surface area contributed by atoms with E-state index in [9.17, 15) is 10.1 Å². The Kier molecular flexibility index (Phi) is 3.25. The van der Waals surface area contributed by atoms with Gasteiger partial charge in [0.25, 0.3) is 5.56 Å². The molecular weight excluding hydrogens is 392 g/mol. The number of aromatic nitrogens is 3. The number of fused-ring (bicyclic) bond motifs is 1. The van der Waals surface area contributed by atoms with Gasteiger partial charge in [-0.3, -0.25) is 14.3 Å². The molecule has 152 valence electrons. The number of thioether (sulfide) groups is 1. The first-order chi connectivity index (χ1) is 14.5. The van der Waals surface area contributed by atoms with E-state index in [-0.39, 0.29) is 16.5 Å². The van der Waals surface area contributed by atoms with Gasteiger partial charge in [0.15, 0.2) is 5.16 Å². The average Bonchev–Trinajstić information content (AvgIpc) is 2.57. The Hall–Kier alpha value is -2.13. The molecule has 1 unspecified atom stereocenters. The summed E-state index contributed by atoms with van der Waals surface area (Å²) >= 11 is 1.63. The third-order valence-corrected chi connectivity index (χ3v) is 9.82. The quantitative estimate of drug-likeness (QED) is 0.707. The maximum absolute atomic E-state index is 13.2. The van der Waals surface area contributed by atoms with Crippen LogP contribution < -0.4 is 5.56 Å². The van der Waals surface area contributed by atoms with Gasteiger partial charge >= 0.3 is 0 Å². The van der Waals surface area contributed by atoms with Gasteiger partial charge in [-0.05, 0) is 68.4 Å². The van der Waals surface area contributed by atoms with E-state index in [2.05, 4.69) is 25.1 Å². The minimum Gasteiger partial charge on any atom is -0.286 e. The zero-order valence-corrected chi connectivity index (χ0v) is 18.0. The van der Waals surface area contributed by atoms with Gasteiger partial charge in [-0.1, -0.05) is 18.7 Å². The molecular formula is C24H24N4OS. The van der Waals surface area contributed by atoms with E-state index in [1.165, 1.54) is 44.2 Å². The third-order valence-electron chi connectivity index (χ3n) is 8.51. The SMILES string of the molecule is CC1CSc2nc(-c3ccc(C45CC(C4)C5)nc3C34CC(C3)C4)c(C#N)c(=O)n2C1. The molecule has 0 N–H and O–H groups in total. The van der Waals surface area contributed by atoms with Gasteiger partial charge in [0, 0.05) is 34.4 Å². The van der Waals surface area contributed by atoms with Crippen molar-refractivity contribution in [1.82, 2.24) is 14.5 Å². The molecule has 6 saturated carbocycles. The van der Waals surface area contributed by atoms with E-state index in [1.54, 1.807) is 16.3 Å². The molecule has 0 amide bonds. The normalized spacial score (nSPS) is 37.0. The molecule has 2 aromatic heterocycles. The van der Waals surface area contributed by atoms with Crippen molar-refractivity contribution >= 4 is 11.8 Å². The molecule has 0 spiro atoms. The summed E-state index contributed by atoms with van der Waals surface area (Å²) < 4.78 is 1.70. The standard InChI is InChI=1S/C24H24N4OS/c1-13-11-28-21(29)17(10-25)19(27-22(28)30-12-13)16-2-3-18(23-4-14(5-23)6-23)26-20(16)24-7-15(8-24)9-24/h2-3,13-15H,4-9,11-12H2,1H3. The highest BCUT2D eigenvalue weighted by molar-refractivity contribution is 7.99. The van der Waals surface area contributed by atoms with Gasteiger partial charge in [0.1, 0.15) is 11.6 Å². The van der Waals surface area contributed by atoms with Crippen molar-refractivity contribution in [2.24, 2.45) is 17.8 Å². The number of hydrogen-bond donors (Lipinski definition) is 0. The molecule has 0 radical (unpaired) electrons. The van der Waals surface area contributed by atoms with Crippen LogP contribution in [0.1, 0.15) is 62.4 Å². The number of pyridine rings is 1. The summed E-state index contributed by atoms with van der Waals surface area (Å²) in [6, 6.07) is 6.49. The predicted octanol–water partition coefficient (Wildman–Crippen LogP) is 4.02. The topological polar surface area (TPSA) is 71.6 Å². The lowest BCUT2D eigenvalue weighted by atomic mass is 9.42. The second-order valence-corrected chi connectivity index (χ2v) is 11.7. The molecule has 5 nitrogen and oxygen atoms in total. The molecule has 6 fully saturated rings. The van der Waals surface area contributed by atoms with Crippen LogP contribution in [0.5, 0.6) is 0 Å². The Morgan fingerprint density at radius 2 is 1.80 bits per heavy atom. The molecule has 4 bridgehead atoms. The molecule has 2 aromatic rings. The summed E-state index contributed by atoms with van der Waals surface area (Å²) in [5.41, 5.74) is 4.31. The van der Waals surface area contributed by atoms with Crippen LogP contribution in [0.4, 0.5) is 0 Å². The van der Waals surface area contributed by atoms with E-state index in [0.29, 0.717) is 23.6 Å². The van der Waals surface area contributed by atoms with Crippen LogP contribution in [0, 0.1) is 29.1 Å². The zero-order valence-electron chi connectivity index (χ0n) is 17.1. The Balaban J connectivity index is 1.42. The van der Waals surface area contributed by atoms with Gasteiger partial charge < -0.3 is 0 Å². The summed E-state index contributed by atoms with van der Waals surface area (Å²) in [7, 11) is 0. The van der Waals surface area contributed by atoms with Crippen molar-refractivity contribution in [3.8, 4) is 17.3 Å².